The van der Waals surface area contributed by atoms with Crippen LogP contribution in [0, 0.1) is 0 Å². The van der Waals surface area contributed by atoms with Gasteiger partial charge in [-0.25, -0.2) is 4.98 Å². The van der Waals surface area contributed by atoms with Gasteiger partial charge in [0.25, 0.3) is 0 Å². The monoisotopic (exact) mass is 582 g/mol. The lowest BCUT2D eigenvalue weighted by molar-refractivity contribution is 0.415. The number of benzene rings is 4. The summed E-state index contributed by atoms with van der Waals surface area (Å²) >= 11 is 0. The molecule has 7 aromatic rings. The van der Waals surface area contributed by atoms with Crippen molar-refractivity contribution in [2.24, 2.45) is 0 Å². The maximum atomic E-state index is 5.42. The first-order chi connectivity index (χ1) is 22.2. The lowest BCUT2D eigenvalue weighted by Crippen LogP contribution is -1.92. The molecule has 5 heteroatoms. The number of aromatic nitrogens is 3. The van der Waals surface area contributed by atoms with Gasteiger partial charge in [-0.2, -0.15) is 0 Å². The second-order valence-electron chi connectivity index (χ2n) is 11.0. The standard InChI is InChI=1S/C40H30N4O/c1-45-30-19-17-29(18-20-30)41-36-25-35-38(27-13-7-3-8-14-27)33-22-21-31(42-33)37(26-11-5-2-6-12-26)32-23-24-34(43-32)39(40(36)44-35)28-15-9-4-10-16-28/h2-25,41-42,44H,1H3. The van der Waals surface area contributed by atoms with Gasteiger partial charge in [0.15, 0.2) is 0 Å². The molecule has 4 aromatic carbocycles. The average Bonchev–Trinajstić information content (AvgIpc) is 3.86. The van der Waals surface area contributed by atoms with Crippen LogP contribution in [0.5, 0.6) is 5.75 Å². The Bertz CT molecular complexity index is 2250. The van der Waals surface area contributed by atoms with E-state index >= 15 is 0 Å². The number of hydrogen-bond acceptors (Lipinski definition) is 3. The maximum Gasteiger partial charge on any atom is 0.119 e. The number of fused-ring (bicyclic) bond motifs is 6. The Kier molecular flexibility index (Phi) is 6.61. The van der Waals surface area contributed by atoms with Crippen LogP contribution in [0.15, 0.2) is 133 Å². The van der Waals surface area contributed by atoms with E-state index in [9.17, 15) is 0 Å². The van der Waals surface area contributed by atoms with E-state index in [4.69, 9.17) is 9.72 Å². The van der Waals surface area contributed by atoms with Gasteiger partial charge in [0.05, 0.1) is 35.2 Å². The van der Waals surface area contributed by atoms with Gasteiger partial charge in [-0.1, -0.05) is 91.0 Å². The van der Waals surface area contributed by atoms with Crippen molar-refractivity contribution in [3.63, 3.8) is 0 Å². The summed E-state index contributed by atoms with van der Waals surface area (Å²) in [7, 11) is 1.68. The van der Waals surface area contributed by atoms with Crippen LogP contribution >= 0.6 is 0 Å². The summed E-state index contributed by atoms with van der Waals surface area (Å²) in [4.78, 5) is 12.9. The van der Waals surface area contributed by atoms with Gasteiger partial charge in [0.1, 0.15) is 5.75 Å². The van der Waals surface area contributed by atoms with E-state index in [1.54, 1.807) is 7.11 Å². The number of nitrogens with zero attached hydrogens (tertiary/aromatic N) is 1. The van der Waals surface area contributed by atoms with Crippen molar-refractivity contribution in [3.05, 3.63) is 145 Å². The molecule has 8 rings (SSSR count). The minimum absolute atomic E-state index is 0.812. The van der Waals surface area contributed by atoms with Crippen LogP contribution in [-0.4, -0.2) is 22.1 Å². The summed E-state index contributed by atoms with van der Waals surface area (Å²) in [5, 5.41) is 3.71. The van der Waals surface area contributed by atoms with Gasteiger partial charge in [-0.05, 0) is 71.3 Å². The Labute approximate surface area is 261 Å². The molecular formula is C40H30N4O. The van der Waals surface area contributed by atoms with Crippen molar-refractivity contribution in [2.45, 2.75) is 0 Å². The first kappa shape index (κ1) is 26.5. The Morgan fingerprint density at radius 2 is 1.07 bits per heavy atom. The molecule has 1 aliphatic rings. The van der Waals surface area contributed by atoms with Gasteiger partial charge in [-0.3, -0.25) is 0 Å². The number of nitrogens with one attached hydrogen (secondary N) is 3. The highest BCUT2D eigenvalue weighted by atomic mass is 16.5. The third-order valence-electron chi connectivity index (χ3n) is 8.27. The second-order valence-corrected chi connectivity index (χ2v) is 11.0. The minimum Gasteiger partial charge on any atom is -0.497 e. The first-order valence-electron chi connectivity index (χ1n) is 15.0. The molecule has 0 spiro atoms. The molecule has 3 N–H and O–H groups in total. The highest BCUT2D eigenvalue weighted by Crippen LogP contribution is 2.40. The van der Waals surface area contributed by atoms with E-state index in [1.807, 2.05) is 36.4 Å². The van der Waals surface area contributed by atoms with E-state index in [-0.39, 0.29) is 0 Å². The quantitative estimate of drug-likeness (QED) is 0.183. The number of H-pyrrole nitrogens is 2. The first-order valence-corrected chi connectivity index (χ1v) is 15.0. The van der Waals surface area contributed by atoms with Crippen molar-refractivity contribution in [2.75, 3.05) is 12.4 Å². The molecule has 0 radical (unpaired) electrons. The highest BCUT2D eigenvalue weighted by Gasteiger charge is 2.19. The smallest absolute Gasteiger partial charge is 0.119 e. The average molecular weight is 583 g/mol. The molecule has 216 valence electrons. The molecule has 1 aliphatic heterocycles. The number of methoxy groups -OCH3 is 1. The van der Waals surface area contributed by atoms with Crippen molar-refractivity contribution < 1.29 is 4.74 Å². The van der Waals surface area contributed by atoms with Crippen LogP contribution in [0.3, 0.4) is 0 Å². The van der Waals surface area contributed by atoms with E-state index in [0.29, 0.717) is 0 Å². The molecule has 0 amide bonds. The minimum atomic E-state index is 0.812. The number of ether oxygens (including phenoxy) is 1. The van der Waals surface area contributed by atoms with Crippen molar-refractivity contribution in [1.82, 2.24) is 15.0 Å². The molecule has 4 heterocycles. The Balaban J connectivity index is 1.53. The van der Waals surface area contributed by atoms with Crippen LogP contribution < -0.4 is 10.1 Å². The zero-order chi connectivity index (χ0) is 30.2. The van der Waals surface area contributed by atoms with E-state index in [2.05, 4.69) is 124 Å². The molecular weight excluding hydrogens is 552 g/mol. The summed E-state index contributed by atoms with van der Waals surface area (Å²) in [6.45, 7) is 0. The fourth-order valence-corrected chi connectivity index (χ4v) is 6.17. The number of rotatable bonds is 6. The SMILES string of the molecule is COc1ccc(Nc2cc3[nH]c2c(-c2ccccc2)c2nc(c(-c4ccccc4)c4ccc([nH]4)c3-c3ccccc3)C=C2)cc1. The summed E-state index contributed by atoms with van der Waals surface area (Å²) in [6.07, 6.45) is 4.25. The molecule has 0 saturated heterocycles. The number of hydrogen-bond donors (Lipinski definition) is 3. The molecule has 0 atom stereocenters. The second kappa shape index (κ2) is 11.2. The highest BCUT2D eigenvalue weighted by molar-refractivity contribution is 6.04. The lowest BCUT2D eigenvalue weighted by atomic mass is 10.0. The summed E-state index contributed by atoms with van der Waals surface area (Å²) in [5.41, 5.74) is 14.1. The number of aromatic amines is 2. The van der Waals surface area contributed by atoms with Gasteiger partial charge >= 0.3 is 0 Å². The zero-order valence-electron chi connectivity index (χ0n) is 24.7. The lowest BCUT2D eigenvalue weighted by Gasteiger charge is -2.09. The Morgan fingerprint density at radius 3 is 1.67 bits per heavy atom. The third kappa shape index (κ3) is 4.90. The van der Waals surface area contributed by atoms with Gasteiger partial charge in [0.2, 0.25) is 0 Å². The fraction of sp³-hybridized carbons (Fsp3) is 0.0250. The molecule has 6 bridgehead atoms. The van der Waals surface area contributed by atoms with Crippen LogP contribution in [-0.2, 0) is 0 Å². The van der Waals surface area contributed by atoms with Gasteiger partial charge in [0, 0.05) is 33.4 Å². The van der Waals surface area contributed by atoms with Crippen molar-refractivity contribution >= 4 is 45.6 Å². The maximum absolute atomic E-state index is 5.42. The predicted molar refractivity (Wildman–Crippen MR) is 187 cm³/mol. The number of anilines is 2. The van der Waals surface area contributed by atoms with E-state index < -0.39 is 0 Å². The molecule has 0 unspecified atom stereocenters. The predicted octanol–water partition coefficient (Wildman–Crippen LogP) is 10.4. The largest absolute Gasteiger partial charge is 0.497 e. The topological polar surface area (TPSA) is 65.7 Å². The van der Waals surface area contributed by atoms with Crippen LogP contribution in [0.2, 0.25) is 0 Å². The molecule has 0 fully saturated rings. The molecule has 5 nitrogen and oxygen atoms in total. The van der Waals surface area contributed by atoms with E-state index in [1.165, 1.54) is 0 Å². The third-order valence-corrected chi connectivity index (χ3v) is 8.27. The Morgan fingerprint density at radius 1 is 0.533 bits per heavy atom. The normalized spacial score (nSPS) is 11.6. The van der Waals surface area contributed by atoms with Crippen LogP contribution in [0.1, 0.15) is 11.4 Å². The van der Waals surface area contributed by atoms with Crippen molar-refractivity contribution in [1.29, 1.82) is 0 Å². The van der Waals surface area contributed by atoms with Crippen molar-refractivity contribution in [3.8, 4) is 39.1 Å². The Hall–Kier alpha value is -6.07. The molecule has 0 aliphatic carbocycles. The van der Waals surface area contributed by atoms with Crippen LogP contribution in [0.4, 0.5) is 11.4 Å². The van der Waals surface area contributed by atoms with Crippen LogP contribution in [0.25, 0.3) is 67.6 Å². The summed E-state index contributed by atoms with van der Waals surface area (Å²) in [6, 6.07) is 46.0. The molecule has 45 heavy (non-hydrogen) atoms. The zero-order valence-corrected chi connectivity index (χ0v) is 24.7. The summed E-state index contributed by atoms with van der Waals surface area (Å²) in [5.74, 6) is 0.812. The van der Waals surface area contributed by atoms with Gasteiger partial charge in [-0.15, -0.1) is 0 Å². The summed E-state index contributed by atoms with van der Waals surface area (Å²) < 4.78 is 5.42. The fourth-order valence-electron chi connectivity index (χ4n) is 6.17. The molecule has 3 aromatic heterocycles. The molecule has 0 saturated carbocycles. The van der Waals surface area contributed by atoms with Gasteiger partial charge < -0.3 is 20.0 Å². The van der Waals surface area contributed by atoms with E-state index in [0.717, 1.165) is 84.0 Å².